The minimum atomic E-state index is -0.305. The lowest BCUT2D eigenvalue weighted by atomic mass is 9.99. The normalized spacial score (nSPS) is 19.4. The van der Waals surface area contributed by atoms with Gasteiger partial charge in [0.25, 0.3) is 0 Å². The average molecular weight is 235 g/mol. The number of pyridine rings is 1. The zero-order valence-corrected chi connectivity index (χ0v) is 10.3. The van der Waals surface area contributed by atoms with Crippen LogP contribution < -0.4 is 10.6 Å². The predicted molar refractivity (Wildman–Crippen MR) is 68.9 cm³/mol. The van der Waals surface area contributed by atoms with Crippen molar-refractivity contribution in [1.82, 2.24) is 4.98 Å². The third kappa shape index (κ3) is 2.96. The van der Waals surface area contributed by atoms with E-state index < -0.39 is 0 Å². The van der Waals surface area contributed by atoms with Crippen LogP contribution in [0.5, 0.6) is 0 Å². The second-order valence-corrected chi connectivity index (χ2v) is 4.91. The van der Waals surface area contributed by atoms with Gasteiger partial charge in [-0.2, -0.15) is 0 Å². The molecule has 0 saturated carbocycles. The number of aliphatic hydroxyl groups is 1. The van der Waals surface area contributed by atoms with Gasteiger partial charge in [-0.15, -0.1) is 0 Å². The number of anilines is 1. The summed E-state index contributed by atoms with van der Waals surface area (Å²) in [6, 6.07) is 3.56. The van der Waals surface area contributed by atoms with Crippen molar-refractivity contribution >= 4 is 5.82 Å². The lowest BCUT2D eigenvalue weighted by Crippen LogP contribution is -2.33. The maximum atomic E-state index is 9.07. The summed E-state index contributed by atoms with van der Waals surface area (Å²) in [5.41, 5.74) is 6.77. The monoisotopic (exact) mass is 235 g/mol. The van der Waals surface area contributed by atoms with Crippen LogP contribution in [-0.2, 0) is 0 Å². The summed E-state index contributed by atoms with van der Waals surface area (Å²) < 4.78 is 0. The number of aliphatic hydroxyl groups excluding tert-OH is 1. The minimum absolute atomic E-state index is 0.0273. The Kier molecular flexibility index (Phi) is 3.97. The van der Waals surface area contributed by atoms with Crippen molar-refractivity contribution in [2.45, 2.75) is 25.8 Å². The molecule has 0 radical (unpaired) electrons. The molecule has 0 spiro atoms. The van der Waals surface area contributed by atoms with Crippen LogP contribution in [0.4, 0.5) is 5.82 Å². The molecule has 0 bridgehead atoms. The van der Waals surface area contributed by atoms with Gasteiger partial charge in [-0.05, 0) is 36.5 Å². The standard InChI is InChI=1S/C13H21N3O/c1-10-3-6-16(7-4-10)13-8-11(2-5-15-13)12(14)9-17/h2,5,8,10,12,17H,3-4,6-7,9,14H2,1H3. The van der Waals surface area contributed by atoms with Crippen LogP contribution in [0.3, 0.4) is 0 Å². The third-order valence-corrected chi connectivity index (χ3v) is 3.50. The first-order valence-corrected chi connectivity index (χ1v) is 6.28. The molecule has 1 aromatic heterocycles. The Morgan fingerprint density at radius 3 is 2.88 bits per heavy atom. The maximum absolute atomic E-state index is 9.07. The van der Waals surface area contributed by atoms with E-state index in [-0.39, 0.29) is 12.6 Å². The van der Waals surface area contributed by atoms with Gasteiger partial charge >= 0.3 is 0 Å². The number of piperidine rings is 1. The van der Waals surface area contributed by atoms with Crippen LogP contribution >= 0.6 is 0 Å². The van der Waals surface area contributed by atoms with Crippen LogP contribution in [0.2, 0.25) is 0 Å². The van der Waals surface area contributed by atoms with Crippen LogP contribution in [0.15, 0.2) is 18.3 Å². The van der Waals surface area contributed by atoms with Crippen molar-refractivity contribution in [2.75, 3.05) is 24.6 Å². The summed E-state index contributed by atoms with van der Waals surface area (Å²) in [5.74, 6) is 1.80. The van der Waals surface area contributed by atoms with Crippen molar-refractivity contribution in [3.63, 3.8) is 0 Å². The topological polar surface area (TPSA) is 62.4 Å². The first kappa shape index (κ1) is 12.3. The van der Waals surface area contributed by atoms with Crippen LogP contribution in [0.1, 0.15) is 31.4 Å². The molecule has 94 valence electrons. The van der Waals surface area contributed by atoms with Gasteiger partial charge in [-0.25, -0.2) is 4.98 Å². The van der Waals surface area contributed by atoms with Gasteiger partial charge in [-0.3, -0.25) is 0 Å². The molecule has 4 heteroatoms. The molecule has 0 aromatic carbocycles. The third-order valence-electron chi connectivity index (χ3n) is 3.50. The average Bonchev–Trinajstić information content (AvgIpc) is 2.39. The van der Waals surface area contributed by atoms with Crippen molar-refractivity contribution in [1.29, 1.82) is 0 Å². The minimum Gasteiger partial charge on any atom is -0.394 e. The Bertz CT molecular complexity index is 361. The maximum Gasteiger partial charge on any atom is 0.128 e. The van der Waals surface area contributed by atoms with Gasteiger partial charge in [0.1, 0.15) is 5.82 Å². The van der Waals surface area contributed by atoms with Crippen molar-refractivity contribution < 1.29 is 5.11 Å². The number of nitrogens with zero attached hydrogens (tertiary/aromatic N) is 2. The predicted octanol–water partition coefficient (Wildman–Crippen LogP) is 1.31. The van der Waals surface area contributed by atoms with E-state index in [4.69, 9.17) is 10.8 Å². The van der Waals surface area contributed by atoms with Crippen LogP contribution in [0.25, 0.3) is 0 Å². The Morgan fingerprint density at radius 2 is 2.24 bits per heavy atom. The molecule has 1 aliphatic heterocycles. The van der Waals surface area contributed by atoms with Crippen LogP contribution in [0, 0.1) is 5.92 Å². The van der Waals surface area contributed by atoms with Gasteiger partial charge in [0, 0.05) is 19.3 Å². The second-order valence-electron chi connectivity index (χ2n) is 4.91. The summed E-state index contributed by atoms with van der Waals surface area (Å²) in [6.45, 7) is 4.39. The summed E-state index contributed by atoms with van der Waals surface area (Å²) in [4.78, 5) is 6.69. The number of aromatic nitrogens is 1. The number of hydrogen-bond acceptors (Lipinski definition) is 4. The molecule has 1 fully saturated rings. The molecular weight excluding hydrogens is 214 g/mol. The molecule has 1 saturated heterocycles. The molecular formula is C13H21N3O. The van der Waals surface area contributed by atoms with E-state index in [2.05, 4.69) is 16.8 Å². The first-order valence-electron chi connectivity index (χ1n) is 6.28. The van der Waals surface area contributed by atoms with E-state index in [1.54, 1.807) is 6.20 Å². The number of rotatable bonds is 3. The highest BCUT2D eigenvalue weighted by Gasteiger charge is 2.17. The Morgan fingerprint density at radius 1 is 1.53 bits per heavy atom. The summed E-state index contributed by atoms with van der Waals surface area (Å²) in [5, 5.41) is 9.07. The van der Waals surface area contributed by atoms with Gasteiger partial charge in [0.05, 0.1) is 12.6 Å². The first-order chi connectivity index (χ1) is 8.20. The zero-order chi connectivity index (χ0) is 12.3. The molecule has 17 heavy (non-hydrogen) atoms. The molecule has 0 aliphatic carbocycles. The molecule has 1 aromatic rings. The van der Waals surface area contributed by atoms with Gasteiger partial charge in [0.2, 0.25) is 0 Å². The largest absolute Gasteiger partial charge is 0.394 e. The zero-order valence-electron chi connectivity index (χ0n) is 10.3. The van der Waals surface area contributed by atoms with Gasteiger partial charge < -0.3 is 15.7 Å². The molecule has 2 rings (SSSR count). The molecule has 4 nitrogen and oxygen atoms in total. The summed E-state index contributed by atoms with van der Waals surface area (Å²) in [6.07, 6.45) is 4.22. The second kappa shape index (κ2) is 5.47. The summed E-state index contributed by atoms with van der Waals surface area (Å²) in [7, 11) is 0. The fourth-order valence-corrected chi connectivity index (χ4v) is 2.18. The van der Waals surface area contributed by atoms with E-state index in [0.717, 1.165) is 30.4 Å². The van der Waals surface area contributed by atoms with Gasteiger partial charge in [0.15, 0.2) is 0 Å². The molecule has 2 heterocycles. The Labute approximate surface area is 102 Å². The fourth-order valence-electron chi connectivity index (χ4n) is 2.18. The summed E-state index contributed by atoms with van der Waals surface area (Å²) >= 11 is 0. The Hall–Kier alpha value is -1.13. The molecule has 1 unspecified atom stereocenters. The fraction of sp³-hybridized carbons (Fsp3) is 0.615. The van der Waals surface area contributed by atoms with E-state index >= 15 is 0 Å². The highest BCUT2D eigenvalue weighted by atomic mass is 16.3. The van der Waals surface area contributed by atoms with E-state index in [1.165, 1.54) is 12.8 Å². The molecule has 1 aliphatic rings. The highest BCUT2D eigenvalue weighted by Crippen LogP contribution is 2.23. The lowest BCUT2D eigenvalue weighted by molar-refractivity contribution is 0.268. The SMILES string of the molecule is CC1CCN(c2cc(C(N)CO)ccn2)CC1. The molecule has 1 atom stereocenters. The smallest absolute Gasteiger partial charge is 0.128 e. The lowest BCUT2D eigenvalue weighted by Gasteiger charge is -2.31. The van der Waals surface area contributed by atoms with Crippen molar-refractivity contribution in [2.24, 2.45) is 11.7 Å². The van der Waals surface area contributed by atoms with E-state index in [9.17, 15) is 0 Å². The quantitative estimate of drug-likeness (QED) is 0.829. The van der Waals surface area contributed by atoms with Crippen molar-refractivity contribution in [3.8, 4) is 0 Å². The number of hydrogen-bond donors (Lipinski definition) is 2. The van der Waals surface area contributed by atoms with E-state index in [0.29, 0.717) is 0 Å². The Balaban J connectivity index is 2.10. The van der Waals surface area contributed by atoms with Gasteiger partial charge in [-0.1, -0.05) is 6.92 Å². The molecule has 3 N–H and O–H groups in total. The van der Waals surface area contributed by atoms with E-state index in [1.807, 2.05) is 12.1 Å². The highest BCUT2D eigenvalue weighted by molar-refractivity contribution is 5.42. The molecule has 0 amide bonds. The van der Waals surface area contributed by atoms with Crippen molar-refractivity contribution in [3.05, 3.63) is 23.9 Å². The number of nitrogens with two attached hydrogens (primary N) is 1. The van der Waals surface area contributed by atoms with Crippen LogP contribution in [-0.4, -0.2) is 29.8 Å².